The van der Waals surface area contributed by atoms with Crippen molar-refractivity contribution in [3.05, 3.63) is 59.2 Å². The maximum Gasteiger partial charge on any atom is 0.319 e. The van der Waals surface area contributed by atoms with Crippen LogP contribution in [0.1, 0.15) is 16.7 Å². The molecule has 0 fully saturated rings. The molecular formula is C17H21N3O3S. The van der Waals surface area contributed by atoms with Gasteiger partial charge in [-0.05, 0) is 55.2 Å². The molecule has 0 atom stereocenters. The van der Waals surface area contributed by atoms with E-state index in [0.717, 1.165) is 22.4 Å². The van der Waals surface area contributed by atoms with Gasteiger partial charge in [-0.15, -0.1) is 0 Å². The van der Waals surface area contributed by atoms with Crippen LogP contribution in [0.5, 0.6) is 0 Å². The maximum atomic E-state index is 11.9. The van der Waals surface area contributed by atoms with Gasteiger partial charge in [-0.3, -0.25) is 0 Å². The molecule has 0 aliphatic heterocycles. The molecule has 0 aliphatic rings. The maximum absolute atomic E-state index is 11.9. The molecule has 0 radical (unpaired) electrons. The Labute approximate surface area is 142 Å². The highest BCUT2D eigenvalue weighted by Crippen LogP contribution is 2.16. The minimum absolute atomic E-state index is 0.0758. The van der Waals surface area contributed by atoms with Crippen LogP contribution in [-0.2, 0) is 16.4 Å². The molecule has 0 bridgehead atoms. The van der Waals surface area contributed by atoms with E-state index in [0.29, 0.717) is 13.0 Å². The SMILES string of the molecule is Cc1ccc(C)c(NC(=O)NCCc2ccc(S(N)(=O)=O)cc2)c1. The zero-order chi connectivity index (χ0) is 17.7. The van der Waals surface area contributed by atoms with E-state index in [1.54, 1.807) is 12.1 Å². The third kappa shape index (κ3) is 5.07. The van der Waals surface area contributed by atoms with E-state index in [-0.39, 0.29) is 10.9 Å². The third-order valence-corrected chi connectivity index (χ3v) is 4.52. The zero-order valence-electron chi connectivity index (χ0n) is 13.7. The number of urea groups is 1. The summed E-state index contributed by atoms with van der Waals surface area (Å²) in [5.74, 6) is 0. The molecule has 0 saturated carbocycles. The van der Waals surface area contributed by atoms with Crippen LogP contribution in [0.3, 0.4) is 0 Å². The van der Waals surface area contributed by atoms with Gasteiger partial charge in [-0.25, -0.2) is 18.4 Å². The second-order valence-corrected chi connectivity index (χ2v) is 7.20. The van der Waals surface area contributed by atoms with Crippen LogP contribution in [-0.4, -0.2) is 21.0 Å². The van der Waals surface area contributed by atoms with E-state index in [4.69, 9.17) is 5.14 Å². The topological polar surface area (TPSA) is 101 Å². The lowest BCUT2D eigenvalue weighted by Gasteiger charge is -2.11. The van der Waals surface area contributed by atoms with E-state index in [2.05, 4.69) is 10.6 Å². The molecule has 6 nitrogen and oxygen atoms in total. The number of anilines is 1. The van der Waals surface area contributed by atoms with E-state index in [1.807, 2.05) is 32.0 Å². The van der Waals surface area contributed by atoms with Gasteiger partial charge in [0.2, 0.25) is 10.0 Å². The summed E-state index contributed by atoms with van der Waals surface area (Å²) in [5.41, 5.74) is 3.76. The van der Waals surface area contributed by atoms with Crippen LogP contribution in [0.15, 0.2) is 47.4 Å². The summed E-state index contributed by atoms with van der Waals surface area (Å²) < 4.78 is 22.4. The first-order chi connectivity index (χ1) is 11.3. The average molecular weight is 347 g/mol. The molecule has 4 N–H and O–H groups in total. The van der Waals surface area contributed by atoms with Gasteiger partial charge in [-0.2, -0.15) is 0 Å². The van der Waals surface area contributed by atoms with Crippen molar-refractivity contribution in [1.29, 1.82) is 0 Å². The average Bonchev–Trinajstić information content (AvgIpc) is 2.50. The van der Waals surface area contributed by atoms with Crippen LogP contribution in [0.25, 0.3) is 0 Å². The summed E-state index contributed by atoms with van der Waals surface area (Å²) in [6, 6.07) is 11.9. The molecule has 0 aliphatic carbocycles. The number of primary sulfonamides is 1. The minimum atomic E-state index is -3.68. The summed E-state index contributed by atoms with van der Waals surface area (Å²) in [5, 5.41) is 10.6. The number of nitrogens with two attached hydrogens (primary N) is 1. The number of hydrogen-bond acceptors (Lipinski definition) is 3. The second-order valence-electron chi connectivity index (χ2n) is 5.64. The molecule has 2 aromatic rings. The van der Waals surface area contributed by atoms with Crippen molar-refractivity contribution in [3.63, 3.8) is 0 Å². The molecule has 2 rings (SSSR count). The molecule has 0 spiro atoms. The van der Waals surface area contributed by atoms with Crippen molar-refractivity contribution in [2.75, 3.05) is 11.9 Å². The fraction of sp³-hybridized carbons (Fsp3) is 0.235. The van der Waals surface area contributed by atoms with Crippen LogP contribution in [0.4, 0.5) is 10.5 Å². The number of carbonyl (C=O) groups excluding carboxylic acids is 1. The normalized spacial score (nSPS) is 11.1. The lowest BCUT2D eigenvalue weighted by molar-refractivity contribution is 0.252. The van der Waals surface area contributed by atoms with E-state index >= 15 is 0 Å². The predicted octanol–water partition coefficient (Wildman–Crippen LogP) is 2.32. The molecule has 2 aromatic carbocycles. The van der Waals surface area contributed by atoms with Crippen LogP contribution < -0.4 is 15.8 Å². The van der Waals surface area contributed by atoms with Crippen LogP contribution in [0, 0.1) is 13.8 Å². The highest BCUT2D eigenvalue weighted by Gasteiger charge is 2.07. The van der Waals surface area contributed by atoms with Gasteiger partial charge < -0.3 is 10.6 Å². The van der Waals surface area contributed by atoms with Crippen molar-refractivity contribution >= 4 is 21.7 Å². The number of carbonyl (C=O) groups is 1. The summed E-state index contributed by atoms with van der Waals surface area (Å²) in [4.78, 5) is 12.0. The molecule has 0 saturated heterocycles. The first-order valence-corrected chi connectivity index (χ1v) is 9.04. The number of rotatable bonds is 5. The fourth-order valence-corrected chi connectivity index (χ4v) is 2.72. The Morgan fingerprint density at radius 1 is 1.08 bits per heavy atom. The van der Waals surface area contributed by atoms with Gasteiger partial charge in [0, 0.05) is 12.2 Å². The first kappa shape index (κ1) is 18.0. The molecule has 2 amide bonds. The highest BCUT2D eigenvalue weighted by molar-refractivity contribution is 7.89. The monoisotopic (exact) mass is 347 g/mol. The van der Waals surface area contributed by atoms with E-state index in [9.17, 15) is 13.2 Å². The fourth-order valence-electron chi connectivity index (χ4n) is 2.20. The van der Waals surface area contributed by atoms with Crippen molar-refractivity contribution in [2.45, 2.75) is 25.2 Å². The van der Waals surface area contributed by atoms with Gasteiger partial charge in [0.1, 0.15) is 0 Å². The molecule has 0 unspecified atom stereocenters. The van der Waals surface area contributed by atoms with Crippen molar-refractivity contribution < 1.29 is 13.2 Å². The standard InChI is InChI=1S/C17H21N3O3S/c1-12-3-4-13(2)16(11-12)20-17(21)19-10-9-14-5-7-15(8-6-14)24(18,22)23/h3-8,11H,9-10H2,1-2H3,(H2,18,22,23)(H2,19,20,21). The van der Waals surface area contributed by atoms with Crippen molar-refractivity contribution in [2.24, 2.45) is 5.14 Å². The lowest BCUT2D eigenvalue weighted by Crippen LogP contribution is -2.30. The third-order valence-electron chi connectivity index (χ3n) is 3.59. The molecule has 0 heterocycles. The smallest absolute Gasteiger partial charge is 0.319 e. The Morgan fingerprint density at radius 2 is 1.75 bits per heavy atom. The number of aryl methyl sites for hydroxylation is 2. The largest absolute Gasteiger partial charge is 0.338 e. The van der Waals surface area contributed by atoms with Gasteiger partial charge >= 0.3 is 6.03 Å². The number of benzene rings is 2. The van der Waals surface area contributed by atoms with E-state index in [1.165, 1.54) is 12.1 Å². The lowest BCUT2D eigenvalue weighted by atomic mass is 10.1. The molecule has 7 heteroatoms. The Morgan fingerprint density at radius 3 is 2.38 bits per heavy atom. The Bertz CT molecular complexity index is 831. The van der Waals surface area contributed by atoms with E-state index < -0.39 is 10.0 Å². The highest BCUT2D eigenvalue weighted by atomic mass is 32.2. The summed E-state index contributed by atoms with van der Waals surface area (Å²) in [6.45, 7) is 4.33. The minimum Gasteiger partial charge on any atom is -0.338 e. The van der Waals surface area contributed by atoms with Gasteiger partial charge in [0.25, 0.3) is 0 Å². The number of sulfonamides is 1. The first-order valence-electron chi connectivity index (χ1n) is 7.49. The molecular weight excluding hydrogens is 326 g/mol. The van der Waals surface area contributed by atoms with Gasteiger partial charge in [0.15, 0.2) is 0 Å². The summed E-state index contributed by atoms with van der Waals surface area (Å²) >= 11 is 0. The van der Waals surface area contributed by atoms with Gasteiger partial charge in [-0.1, -0.05) is 24.3 Å². The quantitative estimate of drug-likeness (QED) is 0.773. The molecule has 24 heavy (non-hydrogen) atoms. The Kier molecular flexibility index (Phi) is 5.58. The predicted molar refractivity (Wildman–Crippen MR) is 94.5 cm³/mol. The van der Waals surface area contributed by atoms with Crippen LogP contribution >= 0.6 is 0 Å². The number of amides is 2. The van der Waals surface area contributed by atoms with Crippen molar-refractivity contribution in [1.82, 2.24) is 5.32 Å². The van der Waals surface area contributed by atoms with Crippen molar-refractivity contribution in [3.8, 4) is 0 Å². The summed E-state index contributed by atoms with van der Waals surface area (Å²) in [6.07, 6.45) is 0.588. The number of hydrogen-bond donors (Lipinski definition) is 3. The molecule has 128 valence electrons. The Hall–Kier alpha value is -2.38. The van der Waals surface area contributed by atoms with Crippen LogP contribution in [0.2, 0.25) is 0 Å². The summed E-state index contributed by atoms with van der Waals surface area (Å²) in [7, 11) is -3.68. The van der Waals surface area contributed by atoms with Gasteiger partial charge in [0.05, 0.1) is 4.90 Å². The number of nitrogens with one attached hydrogen (secondary N) is 2. The Balaban J connectivity index is 1.85. The zero-order valence-corrected chi connectivity index (χ0v) is 14.5. The second kappa shape index (κ2) is 7.46. The molecule has 0 aromatic heterocycles.